The summed E-state index contributed by atoms with van der Waals surface area (Å²) in [5.74, 6) is 0. The molecule has 2 aromatic rings. The Morgan fingerprint density at radius 1 is 0.714 bits per heavy atom. The Bertz CT molecular complexity index is 466. The van der Waals surface area contributed by atoms with Crippen molar-refractivity contribution in [2.24, 2.45) is 0 Å². The van der Waals surface area contributed by atoms with Gasteiger partial charge in [-0.25, -0.2) is 0 Å². The standard InChI is InChI=1S/C19H26P2/c1-4-19(20(5-2)6-3)21(17-13-9-7-10-14-17)18-15-11-8-12-16-18/h7-16,19H,4-6H2,1-3H3. The molecule has 0 saturated heterocycles. The zero-order valence-corrected chi connectivity index (χ0v) is 15.2. The molecule has 0 amide bonds. The van der Waals surface area contributed by atoms with Gasteiger partial charge in [-0.1, -0.05) is 89.4 Å². The van der Waals surface area contributed by atoms with Gasteiger partial charge in [-0.3, -0.25) is 0 Å². The van der Waals surface area contributed by atoms with E-state index in [-0.39, 0.29) is 15.8 Å². The molecule has 112 valence electrons. The van der Waals surface area contributed by atoms with Gasteiger partial charge in [-0.15, -0.1) is 0 Å². The van der Waals surface area contributed by atoms with Crippen LogP contribution >= 0.6 is 15.8 Å². The van der Waals surface area contributed by atoms with Crippen molar-refractivity contribution in [1.82, 2.24) is 0 Å². The smallest absolute Gasteiger partial charge is 0.00716 e. The lowest BCUT2D eigenvalue weighted by Crippen LogP contribution is -2.21. The summed E-state index contributed by atoms with van der Waals surface area (Å²) in [5.41, 5.74) is 0. The highest BCUT2D eigenvalue weighted by Crippen LogP contribution is 2.58. The molecule has 0 aliphatic carbocycles. The number of rotatable bonds is 7. The molecule has 0 nitrogen and oxygen atoms in total. The molecule has 0 spiro atoms. The SMILES string of the molecule is CCC(P(CC)CC)P(c1ccccc1)c1ccccc1. The molecule has 0 fully saturated rings. The molecule has 2 heteroatoms. The Morgan fingerprint density at radius 2 is 1.14 bits per heavy atom. The lowest BCUT2D eigenvalue weighted by atomic mass is 10.4. The third-order valence-corrected chi connectivity index (χ3v) is 11.1. The van der Waals surface area contributed by atoms with Crippen LogP contribution in [-0.2, 0) is 0 Å². The first-order chi connectivity index (χ1) is 10.3. The fourth-order valence-corrected chi connectivity index (χ4v) is 10.2. The Morgan fingerprint density at radius 3 is 1.48 bits per heavy atom. The van der Waals surface area contributed by atoms with Crippen LogP contribution in [0.2, 0.25) is 0 Å². The summed E-state index contributed by atoms with van der Waals surface area (Å²) in [6.45, 7) is 7.13. The molecular formula is C19H26P2. The highest BCUT2D eigenvalue weighted by Gasteiger charge is 2.27. The zero-order chi connectivity index (χ0) is 15.1. The summed E-state index contributed by atoms with van der Waals surface area (Å²) in [7, 11) is -0.114. The molecule has 1 atom stereocenters. The molecule has 0 bridgehead atoms. The molecular weight excluding hydrogens is 290 g/mol. The largest absolute Gasteiger partial charge is 0.0991 e. The van der Waals surface area contributed by atoms with Crippen LogP contribution in [0.3, 0.4) is 0 Å². The summed E-state index contributed by atoms with van der Waals surface area (Å²) in [4.78, 5) is 0. The van der Waals surface area contributed by atoms with E-state index in [9.17, 15) is 0 Å². The lowest BCUT2D eigenvalue weighted by molar-refractivity contribution is 1.03. The first kappa shape index (κ1) is 16.7. The minimum absolute atomic E-state index is 0.122. The summed E-state index contributed by atoms with van der Waals surface area (Å²) in [6, 6.07) is 22.4. The van der Waals surface area contributed by atoms with E-state index < -0.39 is 0 Å². The highest BCUT2D eigenvalue weighted by atomic mass is 31.2. The van der Waals surface area contributed by atoms with E-state index in [0.29, 0.717) is 0 Å². The van der Waals surface area contributed by atoms with E-state index >= 15 is 0 Å². The first-order valence-corrected chi connectivity index (χ1v) is 11.1. The van der Waals surface area contributed by atoms with E-state index in [2.05, 4.69) is 81.4 Å². The van der Waals surface area contributed by atoms with Crippen LogP contribution in [0.5, 0.6) is 0 Å². The van der Waals surface area contributed by atoms with Gasteiger partial charge in [0.25, 0.3) is 0 Å². The van der Waals surface area contributed by atoms with Gasteiger partial charge in [-0.05, 0) is 37.3 Å². The Balaban J connectivity index is 2.45. The van der Waals surface area contributed by atoms with Crippen LogP contribution in [0.15, 0.2) is 60.7 Å². The number of benzene rings is 2. The van der Waals surface area contributed by atoms with Gasteiger partial charge in [0.2, 0.25) is 0 Å². The minimum atomic E-state index is -0.237. The van der Waals surface area contributed by atoms with E-state index in [1.807, 2.05) is 0 Å². The van der Waals surface area contributed by atoms with Crippen LogP contribution in [0.4, 0.5) is 0 Å². The van der Waals surface area contributed by atoms with Gasteiger partial charge in [0.15, 0.2) is 0 Å². The van der Waals surface area contributed by atoms with Crippen LogP contribution in [0.1, 0.15) is 27.2 Å². The second kappa shape index (κ2) is 8.67. The van der Waals surface area contributed by atoms with Gasteiger partial charge in [-0.2, -0.15) is 0 Å². The van der Waals surface area contributed by atoms with E-state index in [1.165, 1.54) is 18.7 Å². The molecule has 2 rings (SSSR count). The summed E-state index contributed by atoms with van der Waals surface area (Å²) >= 11 is 0. The van der Waals surface area contributed by atoms with Crippen molar-refractivity contribution in [1.29, 1.82) is 0 Å². The van der Waals surface area contributed by atoms with Crippen molar-refractivity contribution >= 4 is 26.5 Å². The van der Waals surface area contributed by atoms with Crippen molar-refractivity contribution in [3.8, 4) is 0 Å². The predicted octanol–water partition coefficient (Wildman–Crippen LogP) is 5.38. The monoisotopic (exact) mass is 316 g/mol. The molecule has 0 aliphatic heterocycles. The van der Waals surface area contributed by atoms with Crippen LogP contribution < -0.4 is 10.6 Å². The lowest BCUT2D eigenvalue weighted by Gasteiger charge is -2.34. The van der Waals surface area contributed by atoms with Crippen molar-refractivity contribution in [2.45, 2.75) is 32.6 Å². The second-order valence-electron chi connectivity index (χ2n) is 5.15. The molecule has 0 aromatic heterocycles. The van der Waals surface area contributed by atoms with Gasteiger partial charge in [0.05, 0.1) is 0 Å². The Kier molecular flexibility index (Phi) is 6.88. The van der Waals surface area contributed by atoms with E-state index in [4.69, 9.17) is 0 Å². The fraction of sp³-hybridized carbons (Fsp3) is 0.368. The van der Waals surface area contributed by atoms with Crippen LogP contribution in [0.25, 0.3) is 0 Å². The maximum Gasteiger partial charge on any atom is 0.00716 e. The third-order valence-electron chi connectivity index (χ3n) is 3.97. The first-order valence-electron chi connectivity index (χ1n) is 7.95. The number of hydrogen-bond acceptors (Lipinski definition) is 0. The molecule has 21 heavy (non-hydrogen) atoms. The molecule has 1 unspecified atom stereocenters. The Hall–Kier alpha value is -0.700. The number of hydrogen-bond donors (Lipinski definition) is 0. The van der Waals surface area contributed by atoms with E-state index in [1.54, 1.807) is 10.6 Å². The second-order valence-corrected chi connectivity index (χ2v) is 11.0. The maximum absolute atomic E-state index is 2.38. The molecule has 0 saturated carbocycles. The average molecular weight is 316 g/mol. The van der Waals surface area contributed by atoms with Crippen molar-refractivity contribution < 1.29 is 0 Å². The van der Waals surface area contributed by atoms with E-state index in [0.717, 1.165) is 5.40 Å². The third kappa shape index (κ3) is 4.15. The van der Waals surface area contributed by atoms with Crippen molar-refractivity contribution in [2.75, 3.05) is 12.3 Å². The predicted molar refractivity (Wildman–Crippen MR) is 101 cm³/mol. The minimum Gasteiger partial charge on any atom is -0.0991 e. The van der Waals surface area contributed by atoms with Gasteiger partial charge in [0, 0.05) is 5.40 Å². The maximum atomic E-state index is 2.38. The topological polar surface area (TPSA) is 0 Å². The molecule has 0 aliphatic rings. The summed E-state index contributed by atoms with van der Waals surface area (Å²) in [6.07, 6.45) is 3.99. The van der Waals surface area contributed by atoms with Crippen LogP contribution in [0, 0.1) is 0 Å². The van der Waals surface area contributed by atoms with Crippen LogP contribution in [-0.4, -0.2) is 17.7 Å². The molecule has 0 heterocycles. The quantitative estimate of drug-likeness (QED) is 0.602. The van der Waals surface area contributed by atoms with Crippen molar-refractivity contribution in [3.63, 3.8) is 0 Å². The average Bonchev–Trinajstić information content (AvgIpc) is 2.56. The highest BCUT2D eigenvalue weighted by molar-refractivity contribution is 7.84. The molecule has 0 N–H and O–H groups in total. The summed E-state index contributed by atoms with van der Waals surface area (Å²) in [5, 5.41) is 3.93. The Labute approximate surface area is 132 Å². The van der Waals surface area contributed by atoms with Gasteiger partial charge >= 0.3 is 0 Å². The summed E-state index contributed by atoms with van der Waals surface area (Å²) < 4.78 is 0. The zero-order valence-electron chi connectivity index (χ0n) is 13.4. The van der Waals surface area contributed by atoms with Crippen molar-refractivity contribution in [3.05, 3.63) is 60.7 Å². The normalized spacial score (nSPS) is 12.8. The fourth-order valence-electron chi connectivity index (χ4n) is 2.92. The van der Waals surface area contributed by atoms with Gasteiger partial charge in [0.1, 0.15) is 0 Å². The van der Waals surface area contributed by atoms with Gasteiger partial charge < -0.3 is 0 Å². The molecule has 2 aromatic carbocycles. The molecule has 0 radical (unpaired) electrons.